The third-order valence-electron chi connectivity index (χ3n) is 3.02. The molecule has 0 saturated carbocycles. The van der Waals surface area contributed by atoms with E-state index < -0.39 is 0 Å². The zero-order chi connectivity index (χ0) is 13.1. The number of rotatable bonds is 5. The quantitative estimate of drug-likeness (QED) is 0.703. The van der Waals surface area contributed by atoms with Gasteiger partial charge in [0.15, 0.2) is 0 Å². The van der Waals surface area contributed by atoms with E-state index in [1.807, 2.05) is 17.8 Å². The minimum atomic E-state index is 0.771. The number of hydrogen-bond acceptors (Lipinski definition) is 3. The van der Waals surface area contributed by atoms with Gasteiger partial charge in [-0.05, 0) is 30.7 Å². The number of thiazole rings is 1. The predicted octanol–water partition coefficient (Wildman–Crippen LogP) is 3.93. The van der Waals surface area contributed by atoms with E-state index in [0.717, 1.165) is 25.3 Å². The maximum atomic E-state index is 5.66. The van der Waals surface area contributed by atoms with Crippen LogP contribution in [0.25, 0.3) is 10.9 Å². The molecule has 0 saturated heterocycles. The van der Waals surface area contributed by atoms with Crippen molar-refractivity contribution in [2.45, 2.75) is 19.9 Å². The van der Waals surface area contributed by atoms with Crippen LogP contribution < -0.4 is 4.74 Å². The molecule has 3 aromatic rings. The number of hydrogen-bond donors (Lipinski definition) is 0. The highest BCUT2D eigenvalue weighted by Gasteiger charge is 2.04. The van der Waals surface area contributed by atoms with E-state index in [9.17, 15) is 0 Å². The molecule has 4 heteroatoms. The van der Waals surface area contributed by atoms with Crippen molar-refractivity contribution in [3.05, 3.63) is 47.0 Å². The molecule has 0 spiro atoms. The zero-order valence-electron chi connectivity index (χ0n) is 10.9. The second-order valence-corrected chi connectivity index (χ2v) is 5.45. The van der Waals surface area contributed by atoms with Gasteiger partial charge in [0, 0.05) is 28.2 Å². The van der Waals surface area contributed by atoms with Crippen molar-refractivity contribution in [2.24, 2.45) is 0 Å². The van der Waals surface area contributed by atoms with Crippen molar-refractivity contribution in [1.29, 1.82) is 0 Å². The lowest BCUT2D eigenvalue weighted by Crippen LogP contribution is -1.96. The summed E-state index contributed by atoms with van der Waals surface area (Å²) in [7, 11) is 0. The van der Waals surface area contributed by atoms with Gasteiger partial charge in [-0.2, -0.15) is 0 Å². The van der Waals surface area contributed by atoms with Crippen LogP contribution in [0.4, 0.5) is 0 Å². The van der Waals surface area contributed by atoms with Crippen LogP contribution >= 0.6 is 11.3 Å². The average Bonchev–Trinajstić information content (AvgIpc) is 3.07. The first-order chi connectivity index (χ1) is 9.36. The molecule has 0 amide bonds. The van der Waals surface area contributed by atoms with E-state index in [-0.39, 0.29) is 0 Å². The van der Waals surface area contributed by atoms with E-state index in [2.05, 4.69) is 40.9 Å². The lowest BCUT2D eigenvalue weighted by Gasteiger charge is -2.06. The van der Waals surface area contributed by atoms with Crippen LogP contribution in [0.1, 0.15) is 18.2 Å². The maximum absolute atomic E-state index is 5.66. The monoisotopic (exact) mass is 272 g/mol. The van der Waals surface area contributed by atoms with Crippen LogP contribution in [0.2, 0.25) is 0 Å². The predicted molar refractivity (Wildman–Crippen MR) is 78.9 cm³/mol. The molecule has 0 aliphatic heterocycles. The molecule has 2 aromatic heterocycles. The molecule has 0 unspecified atom stereocenters. The molecular formula is C15H16N2OS. The maximum Gasteiger partial charge on any atom is 0.120 e. The third kappa shape index (κ3) is 2.63. The standard InChI is InChI=1S/C15H16N2OS/c1-2-7-18-13-3-4-15-12(8-13)5-6-17(15)10-14-9-16-11-19-14/h3-6,8-9,11H,2,7,10H2,1H3. The molecule has 0 bridgehead atoms. The van der Waals surface area contributed by atoms with Crippen LogP contribution in [0.15, 0.2) is 42.2 Å². The number of fused-ring (bicyclic) bond motifs is 1. The fraction of sp³-hybridized carbons (Fsp3) is 0.267. The van der Waals surface area contributed by atoms with E-state index >= 15 is 0 Å². The summed E-state index contributed by atoms with van der Waals surface area (Å²) < 4.78 is 7.90. The molecule has 0 atom stereocenters. The first-order valence-electron chi connectivity index (χ1n) is 6.46. The van der Waals surface area contributed by atoms with Gasteiger partial charge in [-0.15, -0.1) is 11.3 Å². The summed E-state index contributed by atoms with van der Waals surface area (Å²) in [5.74, 6) is 0.949. The van der Waals surface area contributed by atoms with Crippen LogP contribution in [-0.4, -0.2) is 16.2 Å². The molecular weight excluding hydrogens is 256 g/mol. The molecule has 0 aliphatic rings. The summed E-state index contributed by atoms with van der Waals surface area (Å²) in [5, 5.41) is 1.22. The van der Waals surface area contributed by atoms with Gasteiger partial charge < -0.3 is 9.30 Å². The molecule has 3 rings (SSSR count). The van der Waals surface area contributed by atoms with Gasteiger partial charge in [0.2, 0.25) is 0 Å². The summed E-state index contributed by atoms with van der Waals surface area (Å²) in [5.41, 5.74) is 3.11. The van der Waals surface area contributed by atoms with Crippen molar-refractivity contribution < 1.29 is 4.74 Å². The Labute approximate surface area is 116 Å². The third-order valence-corrected chi connectivity index (χ3v) is 3.79. The molecule has 1 aromatic carbocycles. The summed E-state index contributed by atoms with van der Waals surface area (Å²) in [6, 6.07) is 8.41. The second kappa shape index (κ2) is 5.45. The topological polar surface area (TPSA) is 27.1 Å². The van der Waals surface area contributed by atoms with Crippen molar-refractivity contribution in [2.75, 3.05) is 6.61 Å². The van der Waals surface area contributed by atoms with Gasteiger partial charge in [-0.1, -0.05) is 6.92 Å². The van der Waals surface area contributed by atoms with Crippen LogP contribution in [0, 0.1) is 0 Å². The lowest BCUT2D eigenvalue weighted by molar-refractivity contribution is 0.318. The first-order valence-corrected chi connectivity index (χ1v) is 7.34. The Morgan fingerprint density at radius 3 is 3.05 bits per heavy atom. The minimum Gasteiger partial charge on any atom is -0.494 e. The van der Waals surface area contributed by atoms with Crippen molar-refractivity contribution in [3.8, 4) is 5.75 Å². The largest absolute Gasteiger partial charge is 0.494 e. The molecule has 19 heavy (non-hydrogen) atoms. The second-order valence-electron chi connectivity index (χ2n) is 4.48. The number of benzene rings is 1. The Bertz CT molecular complexity index is 658. The fourth-order valence-electron chi connectivity index (χ4n) is 2.11. The summed E-state index contributed by atoms with van der Waals surface area (Å²) in [6.45, 7) is 3.76. The zero-order valence-corrected chi connectivity index (χ0v) is 11.7. The first kappa shape index (κ1) is 12.2. The molecule has 3 nitrogen and oxygen atoms in total. The van der Waals surface area contributed by atoms with Gasteiger partial charge in [0.05, 0.1) is 18.7 Å². The van der Waals surface area contributed by atoms with Gasteiger partial charge in [0.1, 0.15) is 5.75 Å². The van der Waals surface area contributed by atoms with Crippen molar-refractivity contribution >= 4 is 22.2 Å². The van der Waals surface area contributed by atoms with Gasteiger partial charge >= 0.3 is 0 Å². The molecule has 2 heterocycles. The van der Waals surface area contributed by atoms with E-state index in [1.54, 1.807) is 11.3 Å². The van der Waals surface area contributed by atoms with Crippen LogP contribution in [0.5, 0.6) is 5.75 Å². The fourth-order valence-corrected chi connectivity index (χ4v) is 2.71. The highest BCUT2D eigenvalue weighted by molar-refractivity contribution is 7.09. The van der Waals surface area contributed by atoms with Crippen molar-refractivity contribution in [3.63, 3.8) is 0 Å². The van der Waals surface area contributed by atoms with Gasteiger partial charge in [-0.3, -0.25) is 4.98 Å². The van der Waals surface area contributed by atoms with Crippen LogP contribution in [-0.2, 0) is 6.54 Å². The highest BCUT2D eigenvalue weighted by Crippen LogP contribution is 2.23. The normalized spacial score (nSPS) is 11.0. The Morgan fingerprint density at radius 1 is 1.32 bits per heavy atom. The SMILES string of the molecule is CCCOc1ccc2c(ccn2Cc2cncs2)c1. The minimum absolute atomic E-state index is 0.771. The summed E-state index contributed by atoms with van der Waals surface area (Å²) in [4.78, 5) is 5.38. The van der Waals surface area contributed by atoms with Gasteiger partial charge in [-0.25, -0.2) is 0 Å². The Balaban J connectivity index is 1.87. The van der Waals surface area contributed by atoms with Crippen molar-refractivity contribution in [1.82, 2.24) is 9.55 Å². The summed E-state index contributed by atoms with van der Waals surface area (Å²) in [6.07, 6.45) is 5.08. The van der Waals surface area contributed by atoms with Gasteiger partial charge in [0.25, 0.3) is 0 Å². The Kier molecular flexibility index (Phi) is 3.51. The highest BCUT2D eigenvalue weighted by atomic mass is 32.1. The molecule has 0 N–H and O–H groups in total. The molecule has 0 aliphatic carbocycles. The van der Waals surface area contributed by atoms with E-state index in [4.69, 9.17) is 4.74 Å². The smallest absolute Gasteiger partial charge is 0.120 e. The number of ether oxygens (including phenoxy) is 1. The molecule has 0 fully saturated rings. The molecule has 0 radical (unpaired) electrons. The Morgan fingerprint density at radius 2 is 2.26 bits per heavy atom. The number of aromatic nitrogens is 2. The molecule has 98 valence electrons. The number of nitrogens with zero attached hydrogens (tertiary/aromatic N) is 2. The summed E-state index contributed by atoms with van der Waals surface area (Å²) >= 11 is 1.69. The average molecular weight is 272 g/mol. The Hall–Kier alpha value is -1.81. The lowest BCUT2D eigenvalue weighted by atomic mass is 10.2. The van der Waals surface area contributed by atoms with E-state index in [1.165, 1.54) is 15.8 Å². The van der Waals surface area contributed by atoms with Crippen LogP contribution in [0.3, 0.4) is 0 Å². The van der Waals surface area contributed by atoms with E-state index in [0.29, 0.717) is 0 Å².